The molecule has 0 aliphatic carbocycles. The summed E-state index contributed by atoms with van der Waals surface area (Å²) in [6.07, 6.45) is 4.03. The van der Waals surface area contributed by atoms with Crippen LogP contribution in [0.5, 0.6) is 0 Å². The second-order valence-electron chi connectivity index (χ2n) is 3.74. The first-order valence-corrected chi connectivity index (χ1v) is 4.62. The van der Waals surface area contributed by atoms with Crippen molar-refractivity contribution in [3.63, 3.8) is 0 Å². The Balaban J connectivity index is 2.41. The molecule has 1 aliphatic rings. The van der Waals surface area contributed by atoms with Crippen molar-refractivity contribution < 1.29 is 4.39 Å². The highest BCUT2D eigenvalue weighted by Crippen LogP contribution is 2.30. The topological polar surface area (TPSA) is 12.4 Å². The van der Waals surface area contributed by atoms with Gasteiger partial charge in [-0.3, -0.25) is 4.99 Å². The van der Waals surface area contributed by atoms with Crippen LogP contribution in [-0.2, 0) is 5.54 Å². The second-order valence-corrected chi connectivity index (χ2v) is 3.74. The number of nitrogens with zero attached hydrogens (tertiary/aromatic N) is 1. The highest BCUT2D eigenvalue weighted by Gasteiger charge is 2.25. The highest BCUT2D eigenvalue weighted by molar-refractivity contribution is 5.95. The molecule has 1 unspecified atom stereocenters. The third-order valence-electron chi connectivity index (χ3n) is 2.49. The van der Waals surface area contributed by atoms with E-state index in [2.05, 4.69) is 4.99 Å². The molecular formula is C12H12FN. The minimum Gasteiger partial charge on any atom is -0.275 e. The summed E-state index contributed by atoms with van der Waals surface area (Å²) in [5.41, 5.74) is 1.72. The van der Waals surface area contributed by atoms with Gasteiger partial charge in [0.1, 0.15) is 11.4 Å². The van der Waals surface area contributed by atoms with E-state index in [9.17, 15) is 4.39 Å². The highest BCUT2D eigenvalue weighted by atomic mass is 19.1. The fraction of sp³-hybridized carbons (Fsp3) is 0.250. The third kappa shape index (κ3) is 1.48. The lowest BCUT2D eigenvalue weighted by atomic mass is 9.94. The lowest BCUT2D eigenvalue weighted by Crippen LogP contribution is -2.13. The molecule has 0 bridgehead atoms. The summed E-state index contributed by atoms with van der Waals surface area (Å²) in [7, 11) is 0. The number of benzene rings is 1. The molecule has 1 heterocycles. The van der Waals surface area contributed by atoms with Crippen molar-refractivity contribution in [3.8, 4) is 0 Å². The van der Waals surface area contributed by atoms with E-state index in [1.807, 2.05) is 26.0 Å². The molecule has 2 heteroatoms. The molecule has 0 aromatic heterocycles. The minimum atomic E-state index is -0.308. The maximum absolute atomic E-state index is 12.7. The summed E-state index contributed by atoms with van der Waals surface area (Å²) in [6.45, 7) is 3.98. The normalized spacial score (nSPS) is 25.2. The molecule has 0 amide bonds. The van der Waals surface area contributed by atoms with Gasteiger partial charge in [-0.1, -0.05) is 18.2 Å². The Morgan fingerprint density at radius 3 is 2.36 bits per heavy atom. The second kappa shape index (κ2) is 3.05. The standard InChI is InChI=1S/C12H12FN/c1-9-7-8-12(2,14-9)10-3-5-11(13)6-4-10/h3-8H,1-2H3. The number of hydrogen-bond acceptors (Lipinski definition) is 1. The lowest BCUT2D eigenvalue weighted by Gasteiger charge is -2.18. The Morgan fingerprint density at radius 2 is 1.86 bits per heavy atom. The smallest absolute Gasteiger partial charge is 0.123 e. The average molecular weight is 189 g/mol. The zero-order valence-corrected chi connectivity index (χ0v) is 8.29. The van der Waals surface area contributed by atoms with E-state index >= 15 is 0 Å². The van der Waals surface area contributed by atoms with Gasteiger partial charge in [-0.25, -0.2) is 4.39 Å². The molecule has 72 valence electrons. The summed E-state index contributed by atoms with van der Waals surface area (Å²) in [5, 5.41) is 0. The van der Waals surface area contributed by atoms with Crippen molar-refractivity contribution in [1.82, 2.24) is 0 Å². The van der Waals surface area contributed by atoms with Gasteiger partial charge in [0.2, 0.25) is 0 Å². The average Bonchev–Trinajstić information content (AvgIpc) is 2.48. The Kier molecular flexibility index (Phi) is 1.99. The van der Waals surface area contributed by atoms with E-state index in [4.69, 9.17) is 0 Å². The molecule has 1 aromatic rings. The Bertz CT molecular complexity index is 403. The molecule has 0 saturated heterocycles. The van der Waals surface area contributed by atoms with Crippen molar-refractivity contribution in [2.75, 3.05) is 0 Å². The van der Waals surface area contributed by atoms with Crippen LogP contribution in [0.3, 0.4) is 0 Å². The third-order valence-corrected chi connectivity index (χ3v) is 2.49. The lowest BCUT2D eigenvalue weighted by molar-refractivity contribution is 0.615. The van der Waals surface area contributed by atoms with Gasteiger partial charge < -0.3 is 0 Å². The Labute approximate surface area is 83.0 Å². The van der Waals surface area contributed by atoms with Crippen molar-refractivity contribution in [1.29, 1.82) is 0 Å². The first kappa shape index (κ1) is 9.13. The Hall–Kier alpha value is -1.44. The molecular weight excluding hydrogens is 177 g/mol. The summed E-state index contributed by atoms with van der Waals surface area (Å²) < 4.78 is 12.7. The number of rotatable bonds is 1. The Morgan fingerprint density at radius 1 is 1.21 bits per heavy atom. The zero-order valence-electron chi connectivity index (χ0n) is 8.29. The fourth-order valence-corrected chi connectivity index (χ4v) is 1.67. The molecule has 0 saturated carbocycles. The molecule has 0 radical (unpaired) electrons. The molecule has 2 rings (SSSR count). The van der Waals surface area contributed by atoms with Crippen LogP contribution in [0.2, 0.25) is 0 Å². The van der Waals surface area contributed by atoms with Gasteiger partial charge in [0.15, 0.2) is 0 Å². The molecule has 1 atom stereocenters. The van der Waals surface area contributed by atoms with Crippen LogP contribution in [0, 0.1) is 5.82 Å². The van der Waals surface area contributed by atoms with Crippen LogP contribution in [0.4, 0.5) is 4.39 Å². The number of hydrogen-bond donors (Lipinski definition) is 0. The van der Waals surface area contributed by atoms with Crippen LogP contribution >= 0.6 is 0 Å². The van der Waals surface area contributed by atoms with Crippen LogP contribution in [0.15, 0.2) is 41.4 Å². The number of halogens is 1. The predicted molar refractivity (Wildman–Crippen MR) is 56.0 cm³/mol. The number of aliphatic imine (C=N–C) groups is 1. The van der Waals surface area contributed by atoms with E-state index in [-0.39, 0.29) is 11.4 Å². The molecule has 0 N–H and O–H groups in total. The van der Waals surface area contributed by atoms with Crippen molar-refractivity contribution >= 4 is 5.71 Å². The van der Waals surface area contributed by atoms with Crippen LogP contribution in [-0.4, -0.2) is 5.71 Å². The monoisotopic (exact) mass is 189 g/mol. The van der Waals surface area contributed by atoms with Crippen LogP contribution in [0.25, 0.3) is 0 Å². The molecule has 1 aliphatic heterocycles. The first-order chi connectivity index (χ1) is 6.60. The summed E-state index contributed by atoms with van der Waals surface area (Å²) in [4.78, 5) is 4.50. The van der Waals surface area contributed by atoms with Gasteiger partial charge in [-0.05, 0) is 37.6 Å². The minimum absolute atomic E-state index is 0.208. The van der Waals surface area contributed by atoms with Gasteiger partial charge >= 0.3 is 0 Å². The van der Waals surface area contributed by atoms with Gasteiger partial charge in [0.25, 0.3) is 0 Å². The van der Waals surface area contributed by atoms with Crippen LogP contribution in [0.1, 0.15) is 19.4 Å². The molecule has 0 fully saturated rings. The van der Waals surface area contributed by atoms with E-state index in [1.165, 1.54) is 12.1 Å². The van der Waals surface area contributed by atoms with Gasteiger partial charge in [-0.15, -0.1) is 0 Å². The van der Waals surface area contributed by atoms with E-state index in [0.717, 1.165) is 11.3 Å². The molecule has 1 aromatic carbocycles. The SMILES string of the molecule is CC1=NC(C)(c2ccc(F)cc2)C=C1. The maximum atomic E-state index is 12.7. The van der Waals surface area contributed by atoms with Gasteiger partial charge in [0, 0.05) is 5.71 Å². The fourth-order valence-electron chi connectivity index (χ4n) is 1.67. The molecule has 0 spiro atoms. The largest absolute Gasteiger partial charge is 0.275 e. The van der Waals surface area contributed by atoms with Gasteiger partial charge in [0.05, 0.1) is 0 Å². The summed E-state index contributed by atoms with van der Waals surface area (Å²) in [6, 6.07) is 6.50. The van der Waals surface area contributed by atoms with Crippen molar-refractivity contribution in [2.24, 2.45) is 4.99 Å². The van der Waals surface area contributed by atoms with Crippen LogP contribution < -0.4 is 0 Å². The van der Waals surface area contributed by atoms with E-state index in [0.29, 0.717) is 0 Å². The predicted octanol–water partition coefficient (Wildman–Crippen LogP) is 3.07. The van der Waals surface area contributed by atoms with Crippen molar-refractivity contribution in [2.45, 2.75) is 19.4 Å². The van der Waals surface area contributed by atoms with Crippen molar-refractivity contribution in [3.05, 3.63) is 47.8 Å². The quantitative estimate of drug-likeness (QED) is 0.643. The van der Waals surface area contributed by atoms with E-state index < -0.39 is 0 Å². The molecule has 14 heavy (non-hydrogen) atoms. The zero-order chi connectivity index (χ0) is 10.2. The number of allylic oxidation sites excluding steroid dienone is 1. The van der Waals surface area contributed by atoms with Gasteiger partial charge in [-0.2, -0.15) is 0 Å². The molecule has 1 nitrogen and oxygen atoms in total. The maximum Gasteiger partial charge on any atom is 0.123 e. The van der Waals surface area contributed by atoms with E-state index in [1.54, 1.807) is 12.1 Å². The summed E-state index contributed by atoms with van der Waals surface area (Å²) in [5.74, 6) is -0.208. The summed E-state index contributed by atoms with van der Waals surface area (Å²) >= 11 is 0. The first-order valence-electron chi connectivity index (χ1n) is 4.62.